The van der Waals surface area contributed by atoms with Crippen molar-refractivity contribution in [3.05, 3.63) is 58.1 Å². The van der Waals surface area contributed by atoms with Crippen LogP contribution in [0.25, 0.3) is 11.5 Å². The van der Waals surface area contributed by atoms with Crippen molar-refractivity contribution in [3.63, 3.8) is 0 Å². The molecule has 1 saturated heterocycles. The van der Waals surface area contributed by atoms with Crippen LogP contribution in [0.15, 0.2) is 45.5 Å². The normalized spacial score (nSPS) is 16.8. The Balaban J connectivity index is 1.46. The summed E-state index contributed by atoms with van der Waals surface area (Å²) in [6.45, 7) is 1.21. The van der Waals surface area contributed by atoms with Crippen LogP contribution < -0.4 is 0 Å². The second-order valence-electron chi connectivity index (χ2n) is 6.62. The molecule has 144 valence electrons. The van der Waals surface area contributed by atoms with E-state index in [0.29, 0.717) is 36.0 Å². The van der Waals surface area contributed by atoms with Gasteiger partial charge in [0.05, 0.1) is 18.6 Å². The van der Waals surface area contributed by atoms with Crippen molar-refractivity contribution in [2.75, 3.05) is 20.2 Å². The number of carbonyl (C=O) groups is 2. The molecular weight excluding hydrogens is 378 g/mol. The van der Waals surface area contributed by atoms with Gasteiger partial charge >= 0.3 is 5.97 Å². The molecule has 0 aliphatic carbocycles. The van der Waals surface area contributed by atoms with Crippen LogP contribution in [0.2, 0.25) is 0 Å². The average Bonchev–Trinajstić information content (AvgIpc) is 3.44. The Bertz CT molecular complexity index is 966. The average molecular weight is 397 g/mol. The number of carbonyl (C=O) groups excluding carboxylic acids is 2. The first kappa shape index (κ1) is 18.4. The molecular formula is C20H19N3O4S. The highest BCUT2D eigenvalue weighted by atomic mass is 32.1. The fourth-order valence-electron chi connectivity index (χ4n) is 3.31. The smallest absolute Gasteiger partial charge is 0.337 e. The summed E-state index contributed by atoms with van der Waals surface area (Å²) in [6, 6.07) is 8.45. The number of aromatic nitrogens is 2. The number of amides is 1. The number of rotatable bonds is 4. The molecule has 28 heavy (non-hydrogen) atoms. The molecule has 1 fully saturated rings. The summed E-state index contributed by atoms with van der Waals surface area (Å²) in [4.78, 5) is 26.2. The SMILES string of the molecule is COC(=O)c1ccc(C(=O)N2CCC[C@@H](c3nnc(-c4ccsc4)o3)C2)cc1. The Morgan fingerprint density at radius 3 is 2.68 bits per heavy atom. The molecule has 2 aromatic heterocycles. The quantitative estimate of drug-likeness (QED) is 0.625. The maximum atomic E-state index is 12.9. The van der Waals surface area contributed by atoms with Gasteiger partial charge in [-0.2, -0.15) is 11.3 Å². The Morgan fingerprint density at radius 1 is 1.18 bits per heavy atom. The van der Waals surface area contributed by atoms with Crippen molar-refractivity contribution in [1.82, 2.24) is 15.1 Å². The summed E-state index contributed by atoms with van der Waals surface area (Å²) in [6.07, 6.45) is 1.77. The van der Waals surface area contributed by atoms with E-state index >= 15 is 0 Å². The van der Waals surface area contributed by atoms with Gasteiger partial charge in [-0.1, -0.05) is 0 Å². The molecule has 8 heteroatoms. The molecule has 3 heterocycles. The molecule has 4 rings (SSSR count). The monoisotopic (exact) mass is 397 g/mol. The minimum absolute atomic E-state index is 0.0203. The molecule has 0 saturated carbocycles. The van der Waals surface area contributed by atoms with E-state index in [4.69, 9.17) is 4.42 Å². The molecule has 1 aromatic carbocycles. The van der Waals surface area contributed by atoms with Gasteiger partial charge in [0.25, 0.3) is 5.91 Å². The van der Waals surface area contributed by atoms with E-state index in [2.05, 4.69) is 14.9 Å². The highest BCUT2D eigenvalue weighted by Gasteiger charge is 2.29. The van der Waals surface area contributed by atoms with E-state index < -0.39 is 5.97 Å². The lowest BCUT2D eigenvalue weighted by molar-refractivity contribution is 0.0599. The maximum Gasteiger partial charge on any atom is 0.337 e. The first-order valence-corrected chi connectivity index (χ1v) is 9.93. The lowest BCUT2D eigenvalue weighted by Crippen LogP contribution is -2.39. The third kappa shape index (κ3) is 3.68. The van der Waals surface area contributed by atoms with E-state index in [1.165, 1.54) is 7.11 Å². The zero-order valence-electron chi connectivity index (χ0n) is 15.3. The topological polar surface area (TPSA) is 85.5 Å². The number of methoxy groups -OCH3 is 1. The van der Waals surface area contributed by atoms with Gasteiger partial charge in [-0.05, 0) is 48.6 Å². The molecule has 1 atom stereocenters. The number of hydrogen-bond donors (Lipinski definition) is 0. The van der Waals surface area contributed by atoms with Crippen molar-refractivity contribution in [1.29, 1.82) is 0 Å². The fraction of sp³-hybridized carbons (Fsp3) is 0.300. The Morgan fingerprint density at radius 2 is 1.96 bits per heavy atom. The minimum atomic E-state index is -0.421. The molecule has 0 bridgehead atoms. The molecule has 3 aromatic rings. The summed E-state index contributed by atoms with van der Waals surface area (Å²) in [5, 5.41) is 12.3. The molecule has 0 unspecified atom stereocenters. The van der Waals surface area contributed by atoms with Crippen molar-refractivity contribution in [2.24, 2.45) is 0 Å². The van der Waals surface area contributed by atoms with Crippen molar-refractivity contribution in [2.45, 2.75) is 18.8 Å². The van der Waals surface area contributed by atoms with Crippen LogP contribution in [0.5, 0.6) is 0 Å². The largest absolute Gasteiger partial charge is 0.465 e. The van der Waals surface area contributed by atoms with Gasteiger partial charge in [0, 0.05) is 29.6 Å². The first-order valence-electron chi connectivity index (χ1n) is 8.99. The molecule has 1 amide bonds. The predicted molar refractivity (Wildman–Crippen MR) is 103 cm³/mol. The summed E-state index contributed by atoms with van der Waals surface area (Å²) in [5.41, 5.74) is 1.87. The van der Waals surface area contributed by atoms with Gasteiger partial charge in [0.2, 0.25) is 11.8 Å². The Hall–Kier alpha value is -3.00. The third-order valence-corrected chi connectivity index (χ3v) is 5.50. The van der Waals surface area contributed by atoms with Crippen LogP contribution in [0.1, 0.15) is 45.4 Å². The van der Waals surface area contributed by atoms with Crippen LogP contribution in [0, 0.1) is 0 Å². The molecule has 1 aliphatic rings. The lowest BCUT2D eigenvalue weighted by Gasteiger charge is -2.31. The zero-order chi connectivity index (χ0) is 19.5. The number of likely N-dealkylation sites (tertiary alicyclic amines) is 1. The van der Waals surface area contributed by atoms with Gasteiger partial charge in [-0.3, -0.25) is 4.79 Å². The van der Waals surface area contributed by atoms with Crippen LogP contribution in [-0.2, 0) is 4.74 Å². The van der Waals surface area contributed by atoms with Crippen molar-refractivity contribution < 1.29 is 18.7 Å². The Kier molecular flexibility index (Phi) is 5.21. The van der Waals surface area contributed by atoms with Gasteiger partial charge in [-0.15, -0.1) is 10.2 Å². The number of thiophene rings is 1. The Labute approximate surface area is 165 Å². The third-order valence-electron chi connectivity index (χ3n) is 4.82. The second kappa shape index (κ2) is 7.93. The summed E-state index contributed by atoms with van der Waals surface area (Å²) < 4.78 is 10.5. The van der Waals surface area contributed by atoms with E-state index in [1.54, 1.807) is 40.5 Å². The van der Waals surface area contributed by atoms with E-state index in [1.807, 2.05) is 16.8 Å². The van der Waals surface area contributed by atoms with Crippen LogP contribution in [0.4, 0.5) is 0 Å². The summed E-state index contributed by atoms with van der Waals surface area (Å²) in [5.74, 6) is 0.610. The first-order chi connectivity index (χ1) is 13.7. The second-order valence-corrected chi connectivity index (χ2v) is 7.40. The predicted octanol–water partition coefficient (Wildman–Crippen LogP) is 3.60. The fourth-order valence-corrected chi connectivity index (χ4v) is 3.94. The molecule has 0 N–H and O–H groups in total. The van der Waals surface area contributed by atoms with Gasteiger partial charge in [-0.25, -0.2) is 4.79 Å². The summed E-state index contributed by atoms with van der Waals surface area (Å²) in [7, 11) is 1.33. The van der Waals surface area contributed by atoms with E-state index in [9.17, 15) is 9.59 Å². The summed E-state index contributed by atoms with van der Waals surface area (Å²) >= 11 is 1.58. The van der Waals surface area contributed by atoms with E-state index in [0.717, 1.165) is 18.4 Å². The highest BCUT2D eigenvalue weighted by molar-refractivity contribution is 7.08. The molecule has 1 aliphatic heterocycles. The molecule has 0 spiro atoms. The molecule has 0 radical (unpaired) electrons. The van der Waals surface area contributed by atoms with Crippen molar-refractivity contribution >= 4 is 23.2 Å². The van der Waals surface area contributed by atoms with Crippen LogP contribution in [-0.4, -0.2) is 47.2 Å². The lowest BCUT2D eigenvalue weighted by atomic mass is 9.97. The number of nitrogens with zero attached hydrogens (tertiary/aromatic N) is 3. The van der Waals surface area contributed by atoms with Crippen molar-refractivity contribution in [3.8, 4) is 11.5 Å². The minimum Gasteiger partial charge on any atom is -0.465 e. The van der Waals surface area contributed by atoms with Crippen LogP contribution >= 0.6 is 11.3 Å². The number of piperidine rings is 1. The van der Waals surface area contributed by atoms with Crippen LogP contribution in [0.3, 0.4) is 0 Å². The van der Waals surface area contributed by atoms with Gasteiger partial charge in [0.1, 0.15) is 0 Å². The van der Waals surface area contributed by atoms with Gasteiger partial charge in [0.15, 0.2) is 0 Å². The number of esters is 1. The number of ether oxygens (including phenoxy) is 1. The highest BCUT2D eigenvalue weighted by Crippen LogP contribution is 2.29. The number of hydrogen-bond acceptors (Lipinski definition) is 7. The standard InChI is InChI=1S/C20H19N3O4S/c1-26-20(25)14-6-4-13(5-7-14)19(24)23-9-2-3-15(11-23)17-21-22-18(27-17)16-8-10-28-12-16/h4-8,10,12,15H,2-3,9,11H2,1H3/t15-/m1/s1. The zero-order valence-corrected chi connectivity index (χ0v) is 16.1. The van der Waals surface area contributed by atoms with Gasteiger partial charge < -0.3 is 14.1 Å². The van der Waals surface area contributed by atoms with E-state index in [-0.39, 0.29) is 11.8 Å². The number of benzene rings is 1. The molecule has 7 nitrogen and oxygen atoms in total. The maximum absolute atomic E-state index is 12.9.